The topological polar surface area (TPSA) is 43.6 Å². The smallest absolute Gasteiger partial charge is 0.175 e. The van der Waals surface area contributed by atoms with Crippen molar-refractivity contribution in [1.29, 1.82) is 0 Å². The number of halogens is 1. The zero-order valence-corrected chi connectivity index (χ0v) is 10.3. The van der Waals surface area contributed by atoms with Gasteiger partial charge in [-0.25, -0.2) is 4.68 Å². The summed E-state index contributed by atoms with van der Waals surface area (Å²) in [5.41, 5.74) is 4.05. The van der Waals surface area contributed by atoms with Crippen LogP contribution in [0.3, 0.4) is 0 Å². The molecule has 2 rings (SSSR count). The summed E-state index contributed by atoms with van der Waals surface area (Å²) < 4.78 is 1.80. The zero-order chi connectivity index (χ0) is 11.7. The standard InChI is InChI=1S/C11H13ClN4/c1-7-8(2)15-16(9(7)3)11-5-4-10(6-12)13-14-11/h4-5H,6H2,1-3H3. The Balaban J connectivity index is 2.46. The third-order valence-electron chi connectivity index (χ3n) is 2.71. The summed E-state index contributed by atoms with van der Waals surface area (Å²) >= 11 is 5.66. The molecule has 0 aliphatic carbocycles. The van der Waals surface area contributed by atoms with Crippen LogP contribution in [0.4, 0.5) is 0 Å². The van der Waals surface area contributed by atoms with Gasteiger partial charge in [-0.2, -0.15) is 10.2 Å². The number of hydrogen-bond donors (Lipinski definition) is 0. The summed E-state index contributed by atoms with van der Waals surface area (Å²) in [5.74, 6) is 1.10. The number of hydrogen-bond acceptors (Lipinski definition) is 3. The molecule has 2 heterocycles. The van der Waals surface area contributed by atoms with Crippen molar-refractivity contribution in [2.75, 3.05) is 0 Å². The van der Waals surface area contributed by atoms with Crippen LogP contribution < -0.4 is 0 Å². The Morgan fingerprint density at radius 1 is 1.19 bits per heavy atom. The summed E-state index contributed by atoms with van der Waals surface area (Å²) in [6, 6.07) is 3.74. The average molecular weight is 237 g/mol. The van der Waals surface area contributed by atoms with E-state index in [0.29, 0.717) is 5.88 Å². The number of aromatic nitrogens is 4. The molecule has 0 N–H and O–H groups in total. The molecule has 0 spiro atoms. The molecule has 0 aliphatic heterocycles. The van der Waals surface area contributed by atoms with Crippen molar-refractivity contribution in [3.8, 4) is 5.82 Å². The van der Waals surface area contributed by atoms with E-state index in [-0.39, 0.29) is 0 Å². The van der Waals surface area contributed by atoms with E-state index in [2.05, 4.69) is 22.2 Å². The fourth-order valence-electron chi connectivity index (χ4n) is 1.48. The minimum Gasteiger partial charge on any atom is -0.217 e. The second-order valence-corrected chi connectivity index (χ2v) is 3.99. The first-order chi connectivity index (χ1) is 7.63. The SMILES string of the molecule is Cc1nn(-c2ccc(CCl)nn2)c(C)c1C. The quantitative estimate of drug-likeness (QED) is 0.752. The largest absolute Gasteiger partial charge is 0.217 e. The summed E-state index contributed by atoms with van der Waals surface area (Å²) in [6.45, 7) is 6.06. The lowest BCUT2D eigenvalue weighted by atomic mass is 10.2. The first-order valence-corrected chi connectivity index (χ1v) is 5.58. The van der Waals surface area contributed by atoms with Gasteiger partial charge in [0.25, 0.3) is 0 Å². The van der Waals surface area contributed by atoms with Crippen molar-refractivity contribution in [3.05, 3.63) is 34.8 Å². The van der Waals surface area contributed by atoms with E-state index in [1.54, 1.807) is 4.68 Å². The van der Waals surface area contributed by atoms with Gasteiger partial charge in [0.15, 0.2) is 5.82 Å². The monoisotopic (exact) mass is 236 g/mol. The highest BCUT2D eigenvalue weighted by molar-refractivity contribution is 6.16. The lowest BCUT2D eigenvalue weighted by molar-refractivity contribution is 0.774. The molecule has 16 heavy (non-hydrogen) atoms. The Hall–Kier alpha value is -1.42. The highest BCUT2D eigenvalue weighted by Crippen LogP contribution is 2.14. The average Bonchev–Trinajstić information content (AvgIpc) is 2.57. The fraction of sp³-hybridized carbons (Fsp3) is 0.364. The zero-order valence-electron chi connectivity index (χ0n) is 9.53. The fourth-order valence-corrected chi connectivity index (χ4v) is 1.62. The molecular formula is C11H13ClN4. The molecule has 5 heteroatoms. The van der Waals surface area contributed by atoms with Gasteiger partial charge in [-0.15, -0.1) is 16.7 Å². The van der Waals surface area contributed by atoms with E-state index < -0.39 is 0 Å². The Bertz CT molecular complexity index is 501. The second-order valence-electron chi connectivity index (χ2n) is 3.72. The molecule has 0 fully saturated rings. The molecule has 0 aliphatic rings. The van der Waals surface area contributed by atoms with Crippen molar-refractivity contribution in [1.82, 2.24) is 20.0 Å². The summed E-state index contributed by atoms with van der Waals surface area (Å²) in [6.07, 6.45) is 0. The van der Waals surface area contributed by atoms with Crippen molar-refractivity contribution >= 4 is 11.6 Å². The van der Waals surface area contributed by atoms with Crippen LogP contribution in [-0.2, 0) is 5.88 Å². The van der Waals surface area contributed by atoms with Crippen LogP contribution in [-0.4, -0.2) is 20.0 Å². The van der Waals surface area contributed by atoms with Crippen LogP contribution in [0.1, 0.15) is 22.6 Å². The maximum absolute atomic E-state index is 5.66. The van der Waals surface area contributed by atoms with Gasteiger partial charge in [-0.05, 0) is 38.5 Å². The minimum atomic E-state index is 0.378. The molecule has 0 bridgehead atoms. The Kier molecular flexibility index (Phi) is 2.92. The molecule has 0 unspecified atom stereocenters. The Morgan fingerprint density at radius 3 is 2.38 bits per heavy atom. The van der Waals surface area contributed by atoms with E-state index in [4.69, 9.17) is 11.6 Å². The van der Waals surface area contributed by atoms with Crippen LogP contribution in [0.15, 0.2) is 12.1 Å². The lowest BCUT2D eigenvalue weighted by Gasteiger charge is -2.02. The van der Waals surface area contributed by atoms with E-state index in [1.807, 2.05) is 26.0 Å². The van der Waals surface area contributed by atoms with Crippen molar-refractivity contribution in [3.63, 3.8) is 0 Å². The van der Waals surface area contributed by atoms with Crippen molar-refractivity contribution in [2.24, 2.45) is 0 Å². The predicted octanol–water partition coefficient (Wildman–Crippen LogP) is 2.33. The molecular weight excluding hydrogens is 224 g/mol. The van der Waals surface area contributed by atoms with Crippen LogP contribution in [0.25, 0.3) is 5.82 Å². The molecule has 4 nitrogen and oxygen atoms in total. The highest BCUT2D eigenvalue weighted by atomic mass is 35.5. The summed E-state index contributed by atoms with van der Waals surface area (Å²) in [5, 5.41) is 12.5. The van der Waals surface area contributed by atoms with Gasteiger partial charge < -0.3 is 0 Å². The summed E-state index contributed by atoms with van der Waals surface area (Å²) in [4.78, 5) is 0. The van der Waals surface area contributed by atoms with Gasteiger partial charge in [-0.3, -0.25) is 0 Å². The Morgan fingerprint density at radius 2 is 1.94 bits per heavy atom. The molecule has 0 aromatic carbocycles. The van der Waals surface area contributed by atoms with Crippen LogP contribution in [0.5, 0.6) is 0 Å². The third kappa shape index (κ3) is 1.80. The van der Waals surface area contributed by atoms with E-state index >= 15 is 0 Å². The first-order valence-electron chi connectivity index (χ1n) is 5.05. The molecule has 0 radical (unpaired) electrons. The number of rotatable bonds is 2. The maximum atomic E-state index is 5.66. The number of aryl methyl sites for hydroxylation is 1. The van der Waals surface area contributed by atoms with Crippen LogP contribution >= 0.6 is 11.6 Å². The molecule has 0 atom stereocenters. The van der Waals surface area contributed by atoms with Crippen molar-refractivity contribution in [2.45, 2.75) is 26.7 Å². The van der Waals surface area contributed by atoms with Gasteiger partial charge >= 0.3 is 0 Å². The van der Waals surface area contributed by atoms with Gasteiger partial charge in [0.05, 0.1) is 17.3 Å². The molecule has 0 saturated carbocycles. The molecule has 0 saturated heterocycles. The van der Waals surface area contributed by atoms with E-state index in [0.717, 1.165) is 22.9 Å². The third-order valence-corrected chi connectivity index (χ3v) is 2.99. The normalized spacial score (nSPS) is 10.8. The highest BCUT2D eigenvalue weighted by Gasteiger charge is 2.09. The minimum absolute atomic E-state index is 0.378. The molecule has 84 valence electrons. The first kappa shape index (κ1) is 11.1. The maximum Gasteiger partial charge on any atom is 0.175 e. The number of alkyl halides is 1. The molecule has 0 amide bonds. The van der Waals surface area contributed by atoms with Gasteiger partial charge in [0, 0.05) is 5.69 Å². The number of nitrogens with zero attached hydrogens (tertiary/aromatic N) is 4. The molecule has 2 aromatic heterocycles. The lowest BCUT2D eigenvalue weighted by Crippen LogP contribution is -2.04. The van der Waals surface area contributed by atoms with E-state index in [9.17, 15) is 0 Å². The van der Waals surface area contributed by atoms with Gasteiger partial charge in [0.2, 0.25) is 0 Å². The van der Waals surface area contributed by atoms with Crippen LogP contribution in [0, 0.1) is 20.8 Å². The van der Waals surface area contributed by atoms with Crippen molar-refractivity contribution < 1.29 is 0 Å². The molecule has 2 aromatic rings. The Labute approximate surface area is 99.3 Å². The predicted molar refractivity (Wildman–Crippen MR) is 62.9 cm³/mol. The van der Waals surface area contributed by atoms with Crippen LogP contribution in [0.2, 0.25) is 0 Å². The summed E-state index contributed by atoms with van der Waals surface area (Å²) in [7, 11) is 0. The van der Waals surface area contributed by atoms with Gasteiger partial charge in [0.1, 0.15) is 0 Å². The second kappa shape index (κ2) is 4.22. The van der Waals surface area contributed by atoms with Gasteiger partial charge in [-0.1, -0.05) is 0 Å². The van der Waals surface area contributed by atoms with E-state index in [1.165, 1.54) is 5.56 Å².